The molecular weight excluding hydrogens is 320 g/mol. The Kier molecular flexibility index (Phi) is 5.17. The summed E-state index contributed by atoms with van der Waals surface area (Å²) in [7, 11) is 0. The van der Waals surface area contributed by atoms with E-state index in [4.69, 9.17) is 0 Å². The lowest BCUT2D eigenvalue weighted by Gasteiger charge is -2.35. The number of carbonyl (C=O) groups excluding carboxylic acids is 1. The second kappa shape index (κ2) is 7.35. The van der Waals surface area contributed by atoms with Crippen LogP contribution in [0.25, 0.3) is 0 Å². The number of aromatic nitrogens is 5. The Labute approximate surface area is 147 Å². The quantitative estimate of drug-likeness (QED) is 0.789. The number of aliphatic hydroxyl groups is 1. The fourth-order valence-corrected chi connectivity index (χ4v) is 3.41. The zero-order valence-electron chi connectivity index (χ0n) is 15.1. The number of nitrogens with one attached hydrogen (secondary N) is 1. The van der Waals surface area contributed by atoms with Crippen molar-refractivity contribution in [2.24, 2.45) is 0 Å². The lowest BCUT2D eigenvalue weighted by molar-refractivity contribution is 0.0906. The van der Waals surface area contributed by atoms with Gasteiger partial charge in [0.2, 0.25) is 0 Å². The monoisotopic (exact) mass is 346 g/mol. The van der Waals surface area contributed by atoms with E-state index in [0.717, 1.165) is 43.9 Å². The summed E-state index contributed by atoms with van der Waals surface area (Å²) in [4.78, 5) is 12.5. The molecule has 1 amide bonds. The Bertz CT molecular complexity index is 744. The van der Waals surface area contributed by atoms with Crippen LogP contribution < -0.4 is 5.32 Å². The molecule has 0 atom stereocenters. The first-order chi connectivity index (χ1) is 12.1. The van der Waals surface area contributed by atoms with Crippen LogP contribution in [-0.2, 0) is 19.7 Å². The molecule has 0 unspecified atom stereocenters. The number of nitrogens with zero attached hydrogens (tertiary/aromatic N) is 5. The van der Waals surface area contributed by atoms with Gasteiger partial charge in [0.1, 0.15) is 12.4 Å². The molecule has 25 heavy (non-hydrogen) atoms. The van der Waals surface area contributed by atoms with Gasteiger partial charge in [-0.15, -0.1) is 10.2 Å². The molecule has 2 aromatic heterocycles. The molecule has 0 aliphatic heterocycles. The number of aliphatic hydroxyl groups excluding tert-OH is 1. The zero-order chi connectivity index (χ0) is 18.0. The third kappa shape index (κ3) is 3.44. The smallest absolute Gasteiger partial charge is 0.254 e. The number of hydrogen-bond donors (Lipinski definition) is 2. The average molecular weight is 346 g/mol. The van der Waals surface area contributed by atoms with Crippen molar-refractivity contribution < 1.29 is 9.90 Å². The van der Waals surface area contributed by atoms with Crippen molar-refractivity contribution in [2.75, 3.05) is 0 Å². The molecule has 2 N–H and O–H groups in total. The van der Waals surface area contributed by atoms with Crippen molar-refractivity contribution in [2.45, 2.75) is 71.7 Å². The van der Waals surface area contributed by atoms with E-state index >= 15 is 0 Å². The van der Waals surface area contributed by atoms with Gasteiger partial charge >= 0.3 is 0 Å². The van der Waals surface area contributed by atoms with Crippen LogP contribution in [0.3, 0.4) is 0 Å². The lowest BCUT2D eigenvalue weighted by Crippen LogP contribution is -2.44. The van der Waals surface area contributed by atoms with Gasteiger partial charge in [-0.1, -0.05) is 6.92 Å². The van der Waals surface area contributed by atoms with Crippen molar-refractivity contribution in [3.8, 4) is 0 Å². The van der Waals surface area contributed by atoms with Gasteiger partial charge in [0.15, 0.2) is 5.82 Å². The highest BCUT2D eigenvalue weighted by atomic mass is 16.3. The van der Waals surface area contributed by atoms with Crippen LogP contribution in [0.2, 0.25) is 0 Å². The fourth-order valence-electron chi connectivity index (χ4n) is 3.41. The Morgan fingerprint density at radius 1 is 1.36 bits per heavy atom. The molecular formula is C17H26N6O2. The highest BCUT2D eigenvalue weighted by molar-refractivity contribution is 5.95. The summed E-state index contributed by atoms with van der Waals surface area (Å²) >= 11 is 0. The SMILES string of the molecule is CCCn1cc(C(=O)NC2CC(c3nnc(CO)n3CC)C2)c(C)n1. The topological polar surface area (TPSA) is 97.9 Å². The molecule has 2 heterocycles. The van der Waals surface area contributed by atoms with E-state index in [1.54, 1.807) is 0 Å². The van der Waals surface area contributed by atoms with E-state index in [2.05, 4.69) is 27.5 Å². The standard InChI is InChI=1S/C17H26N6O2/c1-4-6-22-9-14(11(3)21-22)17(25)18-13-7-12(8-13)16-20-19-15(10-24)23(16)5-2/h9,12-13,24H,4-8,10H2,1-3H3,(H,18,25). The van der Waals surface area contributed by atoms with Gasteiger partial charge in [-0.25, -0.2) is 0 Å². The van der Waals surface area contributed by atoms with E-state index in [0.29, 0.717) is 11.4 Å². The molecule has 136 valence electrons. The molecule has 8 heteroatoms. The number of rotatable bonds is 7. The van der Waals surface area contributed by atoms with Crippen LogP contribution in [0.4, 0.5) is 0 Å². The van der Waals surface area contributed by atoms with Gasteiger partial charge in [-0.05, 0) is 33.1 Å². The lowest BCUT2D eigenvalue weighted by atomic mass is 9.79. The van der Waals surface area contributed by atoms with Crippen molar-refractivity contribution in [3.63, 3.8) is 0 Å². The van der Waals surface area contributed by atoms with Crippen LogP contribution >= 0.6 is 0 Å². The van der Waals surface area contributed by atoms with Crippen LogP contribution in [0.1, 0.15) is 66.7 Å². The molecule has 1 aliphatic carbocycles. The summed E-state index contributed by atoms with van der Waals surface area (Å²) in [5.74, 6) is 1.73. The number of aryl methyl sites for hydroxylation is 2. The maximum absolute atomic E-state index is 12.5. The van der Waals surface area contributed by atoms with Gasteiger partial charge in [-0.3, -0.25) is 9.48 Å². The Morgan fingerprint density at radius 2 is 2.12 bits per heavy atom. The first-order valence-electron chi connectivity index (χ1n) is 8.95. The molecule has 0 saturated heterocycles. The van der Waals surface area contributed by atoms with E-state index in [1.807, 2.05) is 29.3 Å². The Balaban J connectivity index is 1.58. The highest BCUT2D eigenvalue weighted by Gasteiger charge is 2.35. The zero-order valence-corrected chi connectivity index (χ0v) is 15.1. The Hall–Kier alpha value is -2.22. The maximum atomic E-state index is 12.5. The minimum absolute atomic E-state index is 0.0590. The normalized spacial score (nSPS) is 19.7. The molecule has 1 saturated carbocycles. The first kappa shape index (κ1) is 17.6. The molecule has 0 bridgehead atoms. The van der Waals surface area contributed by atoms with Gasteiger partial charge in [0.25, 0.3) is 5.91 Å². The fraction of sp³-hybridized carbons (Fsp3) is 0.647. The molecule has 3 rings (SSSR count). The third-order valence-corrected chi connectivity index (χ3v) is 4.80. The summed E-state index contributed by atoms with van der Waals surface area (Å²) in [5.41, 5.74) is 1.41. The summed E-state index contributed by atoms with van der Waals surface area (Å²) in [6, 6.07) is 0.144. The predicted molar refractivity (Wildman–Crippen MR) is 92.1 cm³/mol. The first-order valence-corrected chi connectivity index (χ1v) is 8.95. The van der Waals surface area contributed by atoms with E-state index in [-0.39, 0.29) is 24.5 Å². The second-order valence-electron chi connectivity index (χ2n) is 6.61. The van der Waals surface area contributed by atoms with Crippen LogP contribution in [0.5, 0.6) is 0 Å². The largest absolute Gasteiger partial charge is 0.388 e. The van der Waals surface area contributed by atoms with Crippen molar-refractivity contribution in [1.29, 1.82) is 0 Å². The van der Waals surface area contributed by atoms with Crippen molar-refractivity contribution in [3.05, 3.63) is 29.1 Å². The molecule has 0 radical (unpaired) electrons. The molecule has 0 spiro atoms. The number of amides is 1. The van der Waals surface area contributed by atoms with Gasteiger partial charge in [0.05, 0.1) is 11.3 Å². The summed E-state index contributed by atoms with van der Waals surface area (Å²) < 4.78 is 3.79. The molecule has 8 nitrogen and oxygen atoms in total. The average Bonchev–Trinajstić information content (AvgIpc) is 3.13. The van der Waals surface area contributed by atoms with E-state index < -0.39 is 0 Å². The minimum atomic E-state index is -0.102. The summed E-state index contributed by atoms with van der Waals surface area (Å²) in [5, 5.41) is 25.0. The summed E-state index contributed by atoms with van der Waals surface area (Å²) in [6.45, 7) is 7.42. The van der Waals surface area contributed by atoms with Gasteiger partial charge < -0.3 is 15.0 Å². The third-order valence-electron chi connectivity index (χ3n) is 4.80. The molecule has 1 fully saturated rings. The molecule has 1 aliphatic rings. The van der Waals surface area contributed by atoms with E-state index in [1.165, 1.54) is 0 Å². The Morgan fingerprint density at radius 3 is 2.76 bits per heavy atom. The predicted octanol–water partition coefficient (Wildman–Crippen LogP) is 1.38. The van der Waals surface area contributed by atoms with Gasteiger partial charge in [-0.2, -0.15) is 5.10 Å². The van der Waals surface area contributed by atoms with Gasteiger partial charge in [0, 0.05) is 31.2 Å². The highest BCUT2D eigenvalue weighted by Crippen LogP contribution is 2.36. The second-order valence-corrected chi connectivity index (χ2v) is 6.61. The van der Waals surface area contributed by atoms with Crippen molar-refractivity contribution in [1.82, 2.24) is 29.9 Å². The number of carbonyl (C=O) groups is 1. The van der Waals surface area contributed by atoms with Crippen LogP contribution in [0, 0.1) is 6.92 Å². The van der Waals surface area contributed by atoms with E-state index in [9.17, 15) is 9.90 Å². The molecule has 2 aromatic rings. The van der Waals surface area contributed by atoms with Crippen molar-refractivity contribution >= 4 is 5.91 Å². The van der Waals surface area contributed by atoms with Crippen LogP contribution in [0.15, 0.2) is 6.20 Å². The summed E-state index contributed by atoms with van der Waals surface area (Å²) in [6.07, 6.45) is 4.50. The maximum Gasteiger partial charge on any atom is 0.254 e. The number of hydrogen-bond acceptors (Lipinski definition) is 5. The minimum Gasteiger partial charge on any atom is -0.388 e. The molecule has 0 aromatic carbocycles. The van der Waals surface area contributed by atoms with Crippen LogP contribution in [-0.4, -0.2) is 41.6 Å².